The summed E-state index contributed by atoms with van der Waals surface area (Å²) in [5.74, 6) is 1.55. The van der Waals surface area contributed by atoms with Crippen molar-refractivity contribution in [2.24, 2.45) is 5.92 Å². The minimum absolute atomic E-state index is 0.605. The Labute approximate surface area is 93.1 Å². The van der Waals surface area contributed by atoms with Crippen LogP contribution in [0.4, 0.5) is 0 Å². The Bertz CT molecular complexity index is 179. The molecule has 1 heterocycles. The number of halogens is 1. The van der Waals surface area contributed by atoms with Gasteiger partial charge in [0, 0.05) is 12.4 Å². The van der Waals surface area contributed by atoms with Gasteiger partial charge in [0.1, 0.15) is 0 Å². The zero-order valence-corrected chi connectivity index (χ0v) is 10.0. The van der Waals surface area contributed by atoms with E-state index in [2.05, 4.69) is 18.4 Å². The zero-order valence-electron chi connectivity index (χ0n) is 9.27. The molecule has 1 unspecified atom stereocenters. The number of nitrogens with zero attached hydrogens (tertiary/aromatic N) is 1. The van der Waals surface area contributed by atoms with E-state index >= 15 is 0 Å². The van der Waals surface area contributed by atoms with Crippen molar-refractivity contribution < 1.29 is 0 Å². The molecule has 14 heavy (non-hydrogen) atoms. The van der Waals surface area contributed by atoms with Crippen LogP contribution in [0.1, 0.15) is 32.6 Å². The normalized spacial score (nSPS) is 24.6. The monoisotopic (exact) mass is 215 g/mol. The molecule has 0 aromatic rings. The first-order valence-electron chi connectivity index (χ1n) is 5.71. The molecule has 1 aliphatic rings. The zero-order chi connectivity index (χ0) is 10.4. The summed E-state index contributed by atoms with van der Waals surface area (Å²) in [5.41, 5.74) is 1.15. The highest BCUT2D eigenvalue weighted by Gasteiger charge is 2.15. The van der Waals surface area contributed by atoms with Crippen molar-refractivity contribution in [1.29, 1.82) is 0 Å². The summed E-state index contributed by atoms with van der Waals surface area (Å²) < 4.78 is 0. The Morgan fingerprint density at radius 3 is 2.86 bits per heavy atom. The van der Waals surface area contributed by atoms with Gasteiger partial charge in [0.25, 0.3) is 0 Å². The van der Waals surface area contributed by atoms with E-state index in [0.717, 1.165) is 18.0 Å². The molecule has 1 atom stereocenters. The predicted octanol–water partition coefficient (Wildman–Crippen LogP) is 3.29. The van der Waals surface area contributed by atoms with Crippen molar-refractivity contribution in [2.75, 3.05) is 25.5 Å². The van der Waals surface area contributed by atoms with Gasteiger partial charge in [0.15, 0.2) is 0 Å². The molecular formula is C12H22ClN. The molecule has 1 rings (SSSR count). The summed E-state index contributed by atoms with van der Waals surface area (Å²) in [5, 5.41) is 0. The quantitative estimate of drug-likeness (QED) is 0.514. The Hall–Kier alpha value is -0.0100. The molecule has 0 aromatic carbocycles. The van der Waals surface area contributed by atoms with Gasteiger partial charge in [0.2, 0.25) is 0 Å². The number of hydrogen-bond donors (Lipinski definition) is 0. The smallest absolute Gasteiger partial charge is 0.0443 e. The Morgan fingerprint density at radius 2 is 2.21 bits per heavy atom. The molecular weight excluding hydrogens is 194 g/mol. The van der Waals surface area contributed by atoms with Gasteiger partial charge in [-0.25, -0.2) is 0 Å². The van der Waals surface area contributed by atoms with Crippen molar-refractivity contribution in [2.45, 2.75) is 32.6 Å². The highest BCUT2D eigenvalue weighted by molar-refractivity contribution is 6.19. The van der Waals surface area contributed by atoms with E-state index in [1.54, 1.807) is 0 Å². The average Bonchev–Trinajstić information content (AvgIpc) is 2.43. The van der Waals surface area contributed by atoms with E-state index in [4.69, 9.17) is 11.6 Å². The second-order valence-corrected chi connectivity index (χ2v) is 4.63. The van der Waals surface area contributed by atoms with Crippen molar-refractivity contribution in [3.8, 4) is 0 Å². The van der Waals surface area contributed by atoms with Gasteiger partial charge >= 0.3 is 0 Å². The van der Waals surface area contributed by atoms with E-state index in [0.29, 0.717) is 5.88 Å². The molecule has 0 N–H and O–H groups in total. The third-order valence-corrected chi connectivity index (χ3v) is 3.53. The van der Waals surface area contributed by atoms with Crippen LogP contribution in [0, 0.1) is 5.92 Å². The molecule has 0 aromatic heterocycles. The van der Waals surface area contributed by atoms with Crippen LogP contribution in [-0.2, 0) is 0 Å². The average molecular weight is 216 g/mol. The van der Waals surface area contributed by atoms with E-state index in [1.807, 2.05) is 0 Å². The maximum Gasteiger partial charge on any atom is 0.0443 e. The third kappa shape index (κ3) is 4.02. The molecule has 0 radical (unpaired) electrons. The summed E-state index contributed by atoms with van der Waals surface area (Å²) in [7, 11) is 0. The van der Waals surface area contributed by atoms with Gasteiger partial charge in [-0.1, -0.05) is 19.9 Å². The maximum atomic E-state index is 5.74. The summed E-state index contributed by atoms with van der Waals surface area (Å²) in [6.07, 6.45) is 5.44. The highest BCUT2D eigenvalue weighted by atomic mass is 35.5. The first-order chi connectivity index (χ1) is 6.76. The Balaban J connectivity index is 2.30. The van der Waals surface area contributed by atoms with Crippen LogP contribution >= 0.6 is 11.6 Å². The first-order valence-corrected chi connectivity index (χ1v) is 6.24. The molecule has 1 fully saturated rings. The molecule has 0 spiro atoms. The van der Waals surface area contributed by atoms with Crippen LogP contribution in [0.2, 0.25) is 0 Å². The van der Waals surface area contributed by atoms with E-state index in [-0.39, 0.29) is 0 Å². The van der Waals surface area contributed by atoms with Gasteiger partial charge in [-0.2, -0.15) is 0 Å². The number of alkyl halides is 1. The van der Waals surface area contributed by atoms with Gasteiger partial charge in [0.05, 0.1) is 0 Å². The highest BCUT2D eigenvalue weighted by Crippen LogP contribution is 2.20. The fourth-order valence-corrected chi connectivity index (χ4v) is 2.23. The molecule has 2 heteroatoms. The van der Waals surface area contributed by atoms with Gasteiger partial charge in [-0.05, 0) is 43.8 Å². The van der Waals surface area contributed by atoms with Crippen molar-refractivity contribution in [1.82, 2.24) is 4.90 Å². The summed E-state index contributed by atoms with van der Waals surface area (Å²) in [6.45, 7) is 9.73. The number of hydrogen-bond acceptors (Lipinski definition) is 1. The lowest BCUT2D eigenvalue weighted by Gasteiger charge is -2.20. The SMILES string of the molecule is C=C(CCl)CN1CCCC(CC)CC1. The lowest BCUT2D eigenvalue weighted by atomic mass is 9.98. The topological polar surface area (TPSA) is 3.24 Å². The molecule has 0 amide bonds. The third-order valence-electron chi connectivity index (χ3n) is 3.15. The fraction of sp³-hybridized carbons (Fsp3) is 0.833. The van der Waals surface area contributed by atoms with Crippen molar-refractivity contribution >= 4 is 11.6 Å². The van der Waals surface area contributed by atoms with E-state index in [9.17, 15) is 0 Å². The fourth-order valence-electron chi connectivity index (χ4n) is 2.15. The minimum Gasteiger partial charge on any atom is -0.299 e. The lowest BCUT2D eigenvalue weighted by Crippen LogP contribution is -2.27. The predicted molar refractivity (Wildman–Crippen MR) is 63.9 cm³/mol. The standard InChI is InChI=1S/C12H22ClN/c1-3-12-5-4-7-14(8-6-12)10-11(2)9-13/h12H,2-10H2,1H3. The van der Waals surface area contributed by atoms with Crippen LogP contribution in [0.15, 0.2) is 12.2 Å². The molecule has 82 valence electrons. The molecule has 0 aliphatic carbocycles. The van der Waals surface area contributed by atoms with Crippen LogP contribution in [-0.4, -0.2) is 30.4 Å². The van der Waals surface area contributed by atoms with Gasteiger partial charge in [-0.3, -0.25) is 4.90 Å². The van der Waals surface area contributed by atoms with Crippen LogP contribution in [0.25, 0.3) is 0 Å². The summed E-state index contributed by atoms with van der Waals surface area (Å²) in [4.78, 5) is 2.50. The lowest BCUT2D eigenvalue weighted by molar-refractivity contribution is 0.303. The summed E-state index contributed by atoms with van der Waals surface area (Å²) in [6, 6.07) is 0. The second-order valence-electron chi connectivity index (χ2n) is 4.36. The van der Waals surface area contributed by atoms with Crippen LogP contribution in [0.3, 0.4) is 0 Å². The first kappa shape index (κ1) is 12.1. The number of likely N-dealkylation sites (tertiary alicyclic amines) is 1. The van der Waals surface area contributed by atoms with Crippen LogP contribution < -0.4 is 0 Å². The minimum atomic E-state index is 0.605. The number of rotatable bonds is 4. The molecule has 1 aliphatic heterocycles. The van der Waals surface area contributed by atoms with Gasteiger partial charge in [-0.15, -0.1) is 11.6 Å². The summed E-state index contributed by atoms with van der Waals surface area (Å²) >= 11 is 5.74. The second kappa shape index (κ2) is 6.47. The molecule has 1 saturated heterocycles. The molecule has 0 saturated carbocycles. The van der Waals surface area contributed by atoms with E-state index < -0.39 is 0 Å². The van der Waals surface area contributed by atoms with Crippen LogP contribution in [0.5, 0.6) is 0 Å². The molecule has 1 nitrogen and oxygen atoms in total. The molecule has 0 bridgehead atoms. The largest absolute Gasteiger partial charge is 0.299 e. The van der Waals surface area contributed by atoms with E-state index in [1.165, 1.54) is 38.8 Å². The van der Waals surface area contributed by atoms with Gasteiger partial charge < -0.3 is 0 Å². The Morgan fingerprint density at radius 1 is 1.43 bits per heavy atom. The maximum absolute atomic E-state index is 5.74. The van der Waals surface area contributed by atoms with Crippen molar-refractivity contribution in [3.63, 3.8) is 0 Å². The Kier molecular flexibility index (Phi) is 5.57. The van der Waals surface area contributed by atoms with Crippen molar-refractivity contribution in [3.05, 3.63) is 12.2 Å².